The zero-order valence-electron chi connectivity index (χ0n) is 12.6. The average Bonchev–Trinajstić information content (AvgIpc) is 2.86. The average molecular weight is 316 g/mol. The first-order chi connectivity index (χ1) is 10.5. The number of ketones is 1. The minimum Gasteiger partial charge on any atom is -0.497 e. The highest BCUT2D eigenvalue weighted by Gasteiger charge is 2.41. The topological polar surface area (TPSA) is 59.0 Å². The number of Topliss-reactive ketones (excluding diaryl/α,β-unsaturated/α-hetero) is 1. The van der Waals surface area contributed by atoms with Crippen LogP contribution in [0.4, 0.5) is 0 Å². The zero-order valence-corrected chi connectivity index (χ0v) is 13.4. The first kappa shape index (κ1) is 14.8. The van der Waals surface area contributed by atoms with E-state index in [9.17, 15) is 9.59 Å². The summed E-state index contributed by atoms with van der Waals surface area (Å²) in [6.07, 6.45) is 0. The third kappa shape index (κ3) is 2.33. The van der Waals surface area contributed by atoms with Gasteiger partial charge < -0.3 is 4.74 Å². The molecule has 1 amide bonds. The van der Waals surface area contributed by atoms with E-state index in [0.717, 1.165) is 11.3 Å². The molecule has 0 bridgehead atoms. The van der Waals surface area contributed by atoms with Gasteiger partial charge in [-0.1, -0.05) is 23.9 Å². The van der Waals surface area contributed by atoms with Crippen LogP contribution in [0.15, 0.2) is 40.5 Å². The highest BCUT2D eigenvalue weighted by Crippen LogP contribution is 2.41. The van der Waals surface area contributed by atoms with Gasteiger partial charge in [0.15, 0.2) is 11.0 Å². The number of fused-ring (bicyclic) bond motifs is 1. The van der Waals surface area contributed by atoms with Gasteiger partial charge in [0, 0.05) is 11.3 Å². The summed E-state index contributed by atoms with van der Waals surface area (Å²) >= 11 is 1.41. The van der Waals surface area contributed by atoms with Crippen molar-refractivity contribution in [3.63, 3.8) is 0 Å². The fraction of sp³-hybridized carbons (Fsp3) is 0.312. The number of carbonyl (C=O) groups is 2. The normalized spacial score (nSPS) is 20.9. The molecule has 1 fully saturated rings. The molecule has 1 atom stereocenters. The molecule has 5 nitrogen and oxygen atoms in total. The number of rotatable bonds is 3. The maximum absolute atomic E-state index is 12.3. The number of methoxy groups -OCH3 is 1. The van der Waals surface area contributed by atoms with Gasteiger partial charge in [-0.05, 0) is 31.5 Å². The van der Waals surface area contributed by atoms with Crippen LogP contribution >= 0.6 is 11.8 Å². The van der Waals surface area contributed by atoms with Crippen LogP contribution in [0.2, 0.25) is 0 Å². The molecule has 22 heavy (non-hydrogen) atoms. The molecule has 0 saturated carbocycles. The third-order valence-electron chi connectivity index (χ3n) is 3.80. The molecular weight excluding hydrogens is 300 g/mol. The Kier molecular flexibility index (Phi) is 3.78. The van der Waals surface area contributed by atoms with E-state index >= 15 is 0 Å². The number of ether oxygens (including phenoxy) is 1. The van der Waals surface area contributed by atoms with E-state index in [4.69, 9.17) is 4.74 Å². The van der Waals surface area contributed by atoms with Gasteiger partial charge in [-0.2, -0.15) is 0 Å². The lowest BCUT2D eigenvalue weighted by Gasteiger charge is -2.33. The van der Waals surface area contributed by atoms with Crippen molar-refractivity contribution >= 4 is 28.6 Å². The Hall–Kier alpha value is -2.08. The predicted octanol–water partition coefficient (Wildman–Crippen LogP) is 2.54. The minimum absolute atomic E-state index is 0.0178. The number of thioether (sulfide) groups is 1. The summed E-state index contributed by atoms with van der Waals surface area (Å²) in [4.78, 5) is 30.4. The lowest BCUT2D eigenvalue weighted by molar-refractivity contribution is -0.125. The van der Waals surface area contributed by atoms with E-state index in [1.54, 1.807) is 12.0 Å². The Labute approximate surface area is 133 Å². The summed E-state index contributed by atoms with van der Waals surface area (Å²) in [5.74, 6) is 1.02. The first-order valence-corrected chi connectivity index (χ1v) is 7.90. The second-order valence-corrected chi connectivity index (χ2v) is 6.12. The summed E-state index contributed by atoms with van der Waals surface area (Å²) in [5, 5.41) is 0.674. The largest absolute Gasteiger partial charge is 0.497 e. The van der Waals surface area contributed by atoms with Crippen LogP contribution in [0, 0.1) is 0 Å². The van der Waals surface area contributed by atoms with Gasteiger partial charge in [0.2, 0.25) is 5.91 Å². The van der Waals surface area contributed by atoms with E-state index in [0.29, 0.717) is 22.2 Å². The van der Waals surface area contributed by atoms with Crippen molar-refractivity contribution in [2.24, 2.45) is 4.99 Å². The standard InChI is InChI=1S/C16H16N2O3S/c1-9-14(10(2)19)15(11-4-6-12(21-3)7-5-11)18-13(20)8-22-16(18)17-9/h4-7,15H,8H2,1-3H3/t15-/m0/s1. The Morgan fingerprint density at radius 1 is 1.36 bits per heavy atom. The molecule has 1 aromatic rings. The van der Waals surface area contributed by atoms with Gasteiger partial charge in [-0.15, -0.1) is 0 Å². The zero-order chi connectivity index (χ0) is 15.9. The fourth-order valence-electron chi connectivity index (χ4n) is 2.79. The van der Waals surface area contributed by atoms with E-state index in [2.05, 4.69) is 4.99 Å². The summed E-state index contributed by atoms with van der Waals surface area (Å²) in [5.41, 5.74) is 2.14. The molecule has 0 spiro atoms. The molecule has 2 aliphatic heterocycles. The number of benzene rings is 1. The predicted molar refractivity (Wildman–Crippen MR) is 85.9 cm³/mol. The molecule has 0 radical (unpaired) electrons. The fourth-order valence-corrected chi connectivity index (χ4v) is 3.73. The third-order valence-corrected chi connectivity index (χ3v) is 4.73. The molecule has 1 aromatic carbocycles. The van der Waals surface area contributed by atoms with E-state index in [1.165, 1.54) is 18.7 Å². The van der Waals surface area contributed by atoms with Gasteiger partial charge >= 0.3 is 0 Å². The lowest BCUT2D eigenvalue weighted by atomic mass is 9.92. The van der Waals surface area contributed by atoms with Crippen molar-refractivity contribution in [1.82, 2.24) is 4.90 Å². The summed E-state index contributed by atoms with van der Waals surface area (Å²) < 4.78 is 5.17. The number of amidine groups is 1. The number of allylic oxidation sites excluding steroid dienone is 1. The number of hydrogen-bond donors (Lipinski definition) is 0. The summed E-state index contributed by atoms with van der Waals surface area (Å²) in [6.45, 7) is 3.34. The maximum Gasteiger partial charge on any atom is 0.239 e. The van der Waals surface area contributed by atoms with Gasteiger partial charge in [0.25, 0.3) is 0 Å². The SMILES string of the molecule is COc1ccc([C@H]2C(C(C)=O)=C(C)N=C3SCC(=O)N32)cc1. The molecule has 1 saturated heterocycles. The monoisotopic (exact) mass is 316 g/mol. The molecule has 6 heteroatoms. The molecule has 114 valence electrons. The van der Waals surface area contributed by atoms with Gasteiger partial charge in [-0.3, -0.25) is 14.5 Å². The Bertz CT molecular complexity index is 707. The second kappa shape index (κ2) is 5.61. The summed E-state index contributed by atoms with van der Waals surface area (Å²) in [7, 11) is 1.60. The second-order valence-electron chi connectivity index (χ2n) is 5.18. The van der Waals surface area contributed by atoms with Crippen LogP contribution in [-0.2, 0) is 9.59 Å². The number of amides is 1. The van der Waals surface area contributed by atoms with Crippen LogP contribution in [0.3, 0.4) is 0 Å². The quantitative estimate of drug-likeness (QED) is 0.860. The van der Waals surface area contributed by atoms with Crippen molar-refractivity contribution in [2.75, 3.05) is 12.9 Å². The molecule has 0 unspecified atom stereocenters. The van der Waals surface area contributed by atoms with Crippen LogP contribution in [0.1, 0.15) is 25.5 Å². The van der Waals surface area contributed by atoms with Gasteiger partial charge in [0.05, 0.1) is 18.9 Å². The lowest BCUT2D eigenvalue weighted by Crippen LogP contribution is -2.38. The van der Waals surface area contributed by atoms with Crippen LogP contribution < -0.4 is 4.74 Å². The number of nitrogens with zero attached hydrogens (tertiary/aromatic N) is 2. The van der Waals surface area contributed by atoms with Crippen LogP contribution in [0.25, 0.3) is 0 Å². The van der Waals surface area contributed by atoms with Crippen molar-refractivity contribution in [1.29, 1.82) is 0 Å². The minimum atomic E-state index is -0.404. The first-order valence-electron chi connectivity index (χ1n) is 6.92. The molecule has 2 aliphatic rings. The Morgan fingerprint density at radius 2 is 2.05 bits per heavy atom. The molecular formula is C16H16N2O3S. The molecule has 0 N–H and O–H groups in total. The van der Waals surface area contributed by atoms with Crippen LogP contribution in [-0.4, -0.2) is 34.6 Å². The molecule has 2 heterocycles. The highest BCUT2D eigenvalue weighted by molar-refractivity contribution is 8.15. The highest BCUT2D eigenvalue weighted by atomic mass is 32.2. The summed E-state index contributed by atoms with van der Waals surface area (Å²) in [6, 6.07) is 7.04. The molecule has 3 rings (SSSR count). The Morgan fingerprint density at radius 3 is 2.64 bits per heavy atom. The van der Waals surface area contributed by atoms with Crippen LogP contribution in [0.5, 0.6) is 5.75 Å². The van der Waals surface area contributed by atoms with Gasteiger partial charge in [0.1, 0.15) is 5.75 Å². The van der Waals surface area contributed by atoms with Crippen molar-refractivity contribution in [3.05, 3.63) is 41.1 Å². The number of aliphatic imine (C=N–C) groups is 1. The molecule has 0 aromatic heterocycles. The van der Waals surface area contributed by atoms with Gasteiger partial charge in [-0.25, -0.2) is 4.99 Å². The van der Waals surface area contributed by atoms with E-state index in [1.807, 2.05) is 31.2 Å². The van der Waals surface area contributed by atoms with Crippen molar-refractivity contribution in [2.45, 2.75) is 19.9 Å². The number of hydrogen-bond acceptors (Lipinski definition) is 5. The van der Waals surface area contributed by atoms with E-state index in [-0.39, 0.29) is 11.7 Å². The van der Waals surface area contributed by atoms with Crippen molar-refractivity contribution in [3.8, 4) is 5.75 Å². The molecule has 0 aliphatic carbocycles. The Balaban J connectivity index is 2.13. The van der Waals surface area contributed by atoms with Crippen molar-refractivity contribution < 1.29 is 14.3 Å². The number of carbonyl (C=O) groups excluding carboxylic acids is 2. The van der Waals surface area contributed by atoms with E-state index < -0.39 is 6.04 Å². The smallest absolute Gasteiger partial charge is 0.239 e. The maximum atomic E-state index is 12.3.